The summed E-state index contributed by atoms with van der Waals surface area (Å²) in [5, 5.41) is 5.01. The summed E-state index contributed by atoms with van der Waals surface area (Å²) in [5.74, 6) is 0. The molecular formula is C30H21NdO9S3. The summed E-state index contributed by atoms with van der Waals surface area (Å²) in [6.07, 6.45) is 0. The van der Waals surface area contributed by atoms with Crippen LogP contribution in [-0.2, 0) is 30.4 Å². The van der Waals surface area contributed by atoms with Gasteiger partial charge in [-0.15, -0.1) is 0 Å². The summed E-state index contributed by atoms with van der Waals surface area (Å²) in [7, 11) is -13.0. The Hall–Kier alpha value is -2.82. The molecule has 0 bridgehead atoms. The summed E-state index contributed by atoms with van der Waals surface area (Å²) < 4.78 is 96.5. The van der Waals surface area contributed by atoms with Gasteiger partial charge in [0.05, 0.1) is 14.7 Å². The van der Waals surface area contributed by atoms with Gasteiger partial charge in [0, 0.05) is 0 Å². The number of hydrogen-bond acceptors (Lipinski definition) is 9. The molecule has 9 nitrogen and oxygen atoms in total. The maximum Gasteiger partial charge on any atom is 3.00 e. The van der Waals surface area contributed by atoms with Crippen LogP contribution in [0.1, 0.15) is 0 Å². The molecular weight excluding hydrogens is 745 g/mol. The van der Waals surface area contributed by atoms with Crippen molar-refractivity contribution in [1.29, 1.82) is 0 Å². The maximum absolute atomic E-state index is 10.7. The Kier molecular flexibility index (Phi) is 11.5. The van der Waals surface area contributed by atoms with E-state index in [0.29, 0.717) is 0 Å². The van der Waals surface area contributed by atoms with Crippen LogP contribution in [-0.4, -0.2) is 38.9 Å². The van der Waals surface area contributed by atoms with Crippen molar-refractivity contribution in [3.05, 3.63) is 127 Å². The zero-order valence-electron chi connectivity index (χ0n) is 22.0. The fourth-order valence-corrected chi connectivity index (χ4v) is 5.49. The van der Waals surface area contributed by atoms with Crippen molar-refractivity contribution in [2.75, 3.05) is 0 Å². The Morgan fingerprint density at radius 2 is 0.535 bits per heavy atom. The Morgan fingerprint density at radius 3 is 0.744 bits per heavy atom. The van der Waals surface area contributed by atoms with Crippen molar-refractivity contribution < 1.29 is 79.8 Å². The molecule has 6 aromatic rings. The minimum Gasteiger partial charge on any atom is -0.744 e. The van der Waals surface area contributed by atoms with Crippen molar-refractivity contribution in [2.45, 2.75) is 14.7 Å². The molecule has 13 heteroatoms. The van der Waals surface area contributed by atoms with Gasteiger partial charge in [0.25, 0.3) is 0 Å². The molecule has 0 fully saturated rings. The minimum absolute atomic E-state index is 0. The minimum atomic E-state index is -4.34. The van der Waals surface area contributed by atoms with Gasteiger partial charge in [-0.2, -0.15) is 0 Å². The summed E-state index contributed by atoms with van der Waals surface area (Å²) in [6, 6.07) is 34.8. The SMILES string of the molecule is O=S(=O)([O-])c1ccc2ccccc2c1.O=S(=O)([O-])c1ccc2ccccc2c1.O=S(=O)([O-])c1ccc2ccccc2c1.[Nd+3]. The first kappa shape index (κ1) is 34.7. The maximum atomic E-state index is 10.7. The summed E-state index contributed by atoms with van der Waals surface area (Å²) in [5.41, 5.74) is 0. The van der Waals surface area contributed by atoms with E-state index in [1.807, 2.05) is 36.4 Å². The smallest absolute Gasteiger partial charge is 0.744 e. The third-order valence-electron chi connectivity index (χ3n) is 6.03. The normalized spacial score (nSPS) is 11.5. The van der Waals surface area contributed by atoms with E-state index in [1.54, 1.807) is 54.6 Å². The first-order chi connectivity index (χ1) is 19.7. The average Bonchev–Trinajstić information content (AvgIpc) is 2.95. The van der Waals surface area contributed by atoms with Gasteiger partial charge in [0.15, 0.2) is 0 Å². The van der Waals surface area contributed by atoms with Crippen LogP contribution in [0, 0.1) is 40.8 Å². The van der Waals surface area contributed by atoms with E-state index < -0.39 is 30.4 Å². The number of fused-ring (bicyclic) bond motifs is 3. The number of benzene rings is 6. The van der Waals surface area contributed by atoms with Crippen LogP contribution in [0.15, 0.2) is 142 Å². The quantitative estimate of drug-likeness (QED) is 0.219. The topological polar surface area (TPSA) is 172 Å². The van der Waals surface area contributed by atoms with Crippen molar-refractivity contribution in [3.8, 4) is 0 Å². The zero-order chi connectivity index (χ0) is 30.5. The van der Waals surface area contributed by atoms with Crippen LogP contribution in [0.4, 0.5) is 0 Å². The molecule has 0 aromatic heterocycles. The van der Waals surface area contributed by atoms with E-state index in [2.05, 4.69) is 0 Å². The Labute approximate surface area is 282 Å². The van der Waals surface area contributed by atoms with E-state index in [0.717, 1.165) is 32.3 Å². The molecule has 6 aromatic carbocycles. The molecule has 0 heterocycles. The Bertz CT molecular complexity index is 1980. The molecule has 0 saturated carbocycles. The molecule has 0 saturated heterocycles. The van der Waals surface area contributed by atoms with Gasteiger partial charge in [0.2, 0.25) is 0 Å². The van der Waals surface area contributed by atoms with E-state index in [-0.39, 0.29) is 55.5 Å². The molecule has 0 unspecified atom stereocenters. The molecule has 0 amide bonds. The second kappa shape index (κ2) is 14.3. The third-order valence-corrected chi connectivity index (χ3v) is 8.52. The van der Waals surface area contributed by atoms with Crippen molar-refractivity contribution in [1.82, 2.24) is 0 Å². The van der Waals surface area contributed by atoms with E-state index in [1.165, 1.54) is 36.4 Å². The standard InChI is InChI=1S/3C10H8O3S.Nd/c3*11-14(12,13)10-6-5-8-3-1-2-4-9(8)7-10;/h3*1-7H,(H,11,12,13);/q;;;+3/p-3. The predicted molar refractivity (Wildman–Crippen MR) is 156 cm³/mol. The van der Waals surface area contributed by atoms with Gasteiger partial charge in [0.1, 0.15) is 30.4 Å². The first-order valence-corrected chi connectivity index (χ1v) is 16.3. The van der Waals surface area contributed by atoms with E-state index >= 15 is 0 Å². The zero-order valence-corrected chi connectivity index (χ0v) is 27.7. The van der Waals surface area contributed by atoms with Gasteiger partial charge in [-0.3, -0.25) is 0 Å². The van der Waals surface area contributed by atoms with Gasteiger partial charge >= 0.3 is 40.8 Å². The second-order valence-corrected chi connectivity index (χ2v) is 13.0. The third kappa shape index (κ3) is 9.58. The van der Waals surface area contributed by atoms with Crippen LogP contribution in [0.25, 0.3) is 32.3 Å². The molecule has 0 aliphatic carbocycles. The van der Waals surface area contributed by atoms with Crippen LogP contribution < -0.4 is 0 Å². The van der Waals surface area contributed by atoms with E-state index in [4.69, 9.17) is 0 Å². The van der Waals surface area contributed by atoms with Gasteiger partial charge in [-0.25, -0.2) is 25.3 Å². The van der Waals surface area contributed by atoms with Crippen LogP contribution in [0.5, 0.6) is 0 Å². The van der Waals surface area contributed by atoms with Crippen molar-refractivity contribution in [3.63, 3.8) is 0 Å². The van der Waals surface area contributed by atoms with Gasteiger partial charge in [-0.1, -0.05) is 91.0 Å². The van der Waals surface area contributed by atoms with Crippen LogP contribution >= 0.6 is 0 Å². The summed E-state index contributed by atoms with van der Waals surface area (Å²) in [6.45, 7) is 0. The first-order valence-electron chi connectivity index (χ1n) is 12.1. The molecule has 0 N–H and O–H groups in total. The molecule has 217 valence electrons. The van der Waals surface area contributed by atoms with Crippen LogP contribution in [0.2, 0.25) is 0 Å². The van der Waals surface area contributed by atoms with Crippen molar-refractivity contribution >= 4 is 62.7 Å². The predicted octanol–water partition coefficient (Wildman–Crippen LogP) is 5.23. The van der Waals surface area contributed by atoms with Gasteiger partial charge in [-0.05, 0) is 68.7 Å². The summed E-state index contributed by atoms with van der Waals surface area (Å²) >= 11 is 0. The molecule has 43 heavy (non-hydrogen) atoms. The molecule has 0 spiro atoms. The Morgan fingerprint density at radius 1 is 0.326 bits per heavy atom. The van der Waals surface area contributed by atoms with Gasteiger partial charge < -0.3 is 13.7 Å². The number of hydrogen-bond donors (Lipinski definition) is 0. The fourth-order valence-electron chi connectivity index (χ4n) is 3.97. The second-order valence-electron chi connectivity index (χ2n) is 8.89. The molecule has 0 aliphatic rings. The molecule has 0 aliphatic heterocycles. The van der Waals surface area contributed by atoms with Crippen LogP contribution in [0.3, 0.4) is 0 Å². The van der Waals surface area contributed by atoms with Crippen molar-refractivity contribution in [2.24, 2.45) is 0 Å². The summed E-state index contributed by atoms with van der Waals surface area (Å²) in [4.78, 5) is -0.552. The fraction of sp³-hybridized carbons (Fsp3) is 0. The molecule has 6 rings (SSSR count). The monoisotopic (exact) mass is 763 g/mol. The van der Waals surface area contributed by atoms with E-state index in [9.17, 15) is 38.9 Å². The molecule has 1 radical (unpaired) electrons. The number of rotatable bonds is 3. The largest absolute Gasteiger partial charge is 3.00 e. The Balaban J connectivity index is 0.000000175. The molecule has 0 atom stereocenters. The average molecular weight is 766 g/mol.